The third-order valence-electron chi connectivity index (χ3n) is 3.43. The molecule has 3 aromatic rings. The number of para-hydroxylation sites is 1. The number of rotatable bonds is 3. The Morgan fingerprint density at radius 2 is 1.71 bits per heavy atom. The minimum atomic E-state index is -3.81. The molecule has 1 aromatic heterocycles. The van der Waals surface area contributed by atoms with Crippen LogP contribution in [-0.4, -0.2) is 12.4 Å². The van der Waals surface area contributed by atoms with E-state index in [1.54, 1.807) is 54.6 Å². The molecule has 0 unspecified atom stereocenters. The van der Waals surface area contributed by atoms with Crippen LogP contribution in [0, 0.1) is 6.92 Å². The van der Waals surface area contributed by atoms with E-state index in [2.05, 4.69) is 0 Å². The number of aromatic nitrogens is 1. The molecule has 0 aliphatic heterocycles. The summed E-state index contributed by atoms with van der Waals surface area (Å²) < 4.78 is 39.9. The Balaban J connectivity index is 2.30. The smallest absolute Gasteiger partial charge is 0.244 e. The van der Waals surface area contributed by atoms with Crippen LogP contribution in [0.2, 0.25) is 0 Å². The summed E-state index contributed by atoms with van der Waals surface area (Å²) in [5, 5.41) is 0.709. The molecule has 0 bridgehead atoms. The summed E-state index contributed by atoms with van der Waals surface area (Å²) in [7, 11) is -3.81. The molecule has 108 valence electrons. The molecule has 0 radical (unpaired) electrons. The number of hydrogen-bond acceptors (Lipinski definition) is 2. The monoisotopic (exact) mass is 303 g/mol. The Morgan fingerprint density at radius 3 is 2.38 bits per heavy atom. The minimum absolute atomic E-state index is 0.136. The summed E-state index contributed by atoms with van der Waals surface area (Å²) in [6.45, 7) is 1.05. The summed E-state index contributed by atoms with van der Waals surface area (Å²) in [6.07, 6.45) is 0. The highest BCUT2D eigenvalue weighted by Crippen LogP contribution is 2.26. The standard InChI is InChI=1S/C16H14FNO2S/c1-12-6-8-15(9-7-12)21(19,20)18-14(11-17)10-13-4-2-3-5-16(13)18/h2-10H,11H2,1H3. The molecule has 3 nitrogen and oxygen atoms in total. The predicted octanol–water partition coefficient (Wildman–Crippen LogP) is 3.66. The Labute approximate surface area is 122 Å². The lowest BCUT2D eigenvalue weighted by Gasteiger charge is -2.10. The molecule has 1 heterocycles. The molecule has 0 aliphatic rings. The maximum Gasteiger partial charge on any atom is 0.268 e. The fraction of sp³-hybridized carbons (Fsp3) is 0.125. The fourth-order valence-corrected chi connectivity index (χ4v) is 3.91. The van der Waals surface area contributed by atoms with Crippen molar-refractivity contribution in [3.05, 3.63) is 65.9 Å². The quantitative estimate of drug-likeness (QED) is 0.741. The van der Waals surface area contributed by atoms with Gasteiger partial charge in [-0.2, -0.15) is 0 Å². The summed E-state index contributed by atoms with van der Waals surface area (Å²) >= 11 is 0. The van der Waals surface area contributed by atoms with Crippen molar-refractivity contribution in [3.8, 4) is 0 Å². The SMILES string of the molecule is Cc1ccc(S(=O)(=O)n2c(CF)cc3ccccc32)cc1. The van der Waals surface area contributed by atoms with Gasteiger partial charge in [-0.1, -0.05) is 35.9 Å². The Morgan fingerprint density at radius 1 is 1.05 bits per heavy atom. The highest BCUT2D eigenvalue weighted by Gasteiger charge is 2.22. The van der Waals surface area contributed by atoms with Crippen LogP contribution in [0.15, 0.2) is 59.5 Å². The van der Waals surface area contributed by atoms with Gasteiger partial charge in [0, 0.05) is 5.39 Å². The van der Waals surface area contributed by atoms with E-state index in [4.69, 9.17) is 0 Å². The molecule has 21 heavy (non-hydrogen) atoms. The van der Waals surface area contributed by atoms with Gasteiger partial charge in [0.15, 0.2) is 0 Å². The number of aryl methyl sites for hydroxylation is 1. The molecule has 0 fully saturated rings. The molecule has 0 spiro atoms. The number of nitrogens with zero attached hydrogens (tertiary/aromatic N) is 1. The van der Waals surface area contributed by atoms with Gasteiger partial charge in [0.25, 0.3) is 10.0 Å². The lowest BCUT2D eigenvalue weighted by molar-refractivity contribution is 0.472. The molecule has 2 aromatic carbocycles. The molecule has 3 rings (SSSR count). The normalized spacial score (nSPS) is 11.9. The van der Waals surface area contributed by atoms with Gasteiger partial charge in [-0.05, 0) is 31.2 Å². The lowest BCUT2D eigenvalue weighted by Crippen LogP contribution is -2.15. The van der Waals surface area contributed by atoms with Gasteiger partial charge in [0.05, 0.1) is 16.1 Å². The summed E-state index contributed by atoms with van der Waals surface area (Å²) in [4.78, 5) is 0.157. The number of benzene rings is 2. The molecule has 0 N–H and O–H groups in total. The van der Waals surface area contributed by atoms with Crippen LogP contribution in [-0.2, 0) is 16.7 Å². The second-order valence-corrected chi connectivity index (χ2v) is 6.70. The Bertz CT molecular complexity index is 896. The van der Waals surface area contributed by atoms with Gasteiger partial charge in [-0.15, -0.1) is 0 Å². The van der Waals surface area contributed by atoms with Crippen molar-refractivity contribution in [1.82, 2.24) is 3.97 Å². The second kappa shape index (κ2) is 5.00. The zero-order valence-corrected chi connectivity index (χ0v) is 12.3. The van der Waals surface area contributed by atoms with Gasteiger partial charge in [-0.3, -0.25) is 0 Å². The molecule has 0 atom stereocenters. The van der Waals surface area contributed by atoms with Gasteiger partial charge < -0.3 is 0 Å². The molecular weight excluding hydrogens is 289 g/mol. The minimum Gasteiger partial charge on any atom is -0.244 e. The van der Waals surface area contributed by atoms with Crippen LogP contribution in [0.25, 0.3) is 10.9 Å². The van der Waals surface area contributed by atoms with Crippen LogP contribution < -0.4 is 0 Å². The van der Waals surface area contributed by atoms with Crippen molar-refractivity contribution in [2.24, 2.45) is 0 Å². The topological polar surface area (TPSA) is 39.1 Å². The van der Waals surface area contributed by atoms with Gasteiger partial charge in [-0.25, -0.2) is 16.8 Å². The van der Waals surface area contributed by atoms with Crippen molar-refractivity contribution in [3.63, 3.8) is 0 Å². The van der Waals surface area contributed by atoms with Crippen LogP contribution in [0.4, 0.5) is 4.39 Å². The number of alkyl halides is 1. The third kappa shape index (κ3) is 2.23. The highest BCUT2D eigenvalue weighted by atomic mass is 32.2. The third-order valence-corrected chi connectivity index (χ3v) is 5.21. The van der Waals surface area contributed by atoms with Gasteiger partial charge >= 0.3 is 0 Å². The van der Waals surface area contributed by atoms with Crippen LogP contribution in [0.3, 0.4) is 0 Å². The van der Waals surface area contributed by atoms with E-state index in [0.717, 1.165) is 9.54 Å². The first-order valence-corrected chi connectivity index (χ1v) is 7.95. The first-order valence-electron chi connectivity index (χ1n) is 6.51. The predicted molar refractivity (Wildman–Crippen MR) is 80.5 cm³/mol. The van der Waals surface area contributed by atoms with Crippen LogP contribution >= 0.6 is 0 Å². The Kier molecular flexibility index (Phi) is 3.29. The first kappa shape index (κ1) is 13.8. The largest absolute Gasteiger partial charge is 0.268 e. The maximum atomic E-state index is 13.2. The van der Waals surface area contributed by atoms with Crippen molar-refractivity contribution < 1.29 is 12.8 Å². The number of fused-ring (bicyclic) bond motifs is 1. The summed E-state index contributed by atoms with van der Waals surface area (Å²) in [5.74, 6) is 0. The molecular formula is C16H14FNO2S. The summed E-state index contributed by atoms with van der Waals surface area (Å²) in [5.41, 5.74) is 1.60. The van der Waals surface area contributed by atoms with Crippen molar-refractivity contribution >= 4 is 20.9 Å². The fourth-order valence-electron chi connectivity index (χ4n) is 2.38. The first-order chi connectivity index (χ1) is 10.0. The van der Waals surface area contributed by atoms with E-state index in [1.165, 1.54) is 0 Å². The molecule has 5 heteroatoms. The van der Waals surface area contributed by atoms with E-state index < -0.39 is 16.7 Å². The van der Waals surface area contributed by atoms with Crippen LogP contribution in [0.5, 0.6) is 0 Å². The Hall–Kier alpha value is -2.14. The molecule has 0 saturated carbocycles. The van der Waals surface area contributed by atoms with E-state index in [0.29, 0.717) is 10.9 Å². The van der Waals surface area contributed by atoms with Gasteiger partial charge in [0.1, 0.15) is 6.67 Å². The lowest BCUT2D eigenvalue weighted by atomic mass is 10.2. The van der Waals surface area contributed by atoms with Crippen molar-refractivity contribution in [1.29, 1.82) is 0 Å². The highest BCUT2D eigenvalue weighted by molar-refractivity contribution is 7.90. The van der Waals surface area contributed by atoms with Gasteiger partial charge in [0.2, 0.25) is 0 Å². The maximum absolute atomic E-state index is 13.2. The summed E-state index contributed by atoms with van der Waals surface area (Å²) in [6, 6.07) is 15.1. The zero-order valence-electron chi connectivity index (χ0n) is 11.5. The average Bonchev–Trinajstić information content (AvgIpc) is 2.87. The van der Waals surface area contributed by atoms with E-state index >= 15 is 0 Å². The molecule has 0 amide bonds. The van der Waals surface area contributed by atoms with Crippen molar-refractivity contribution in [2.45, 2.75) is 18.5 Å². The van der Waals surface area contributed by atoms with E-state index in [-0.39, 0.29) is 10.6 Å². The molecule has 0 saturated heterocycles. The number of hydrogen-bond donors (Lipinski definition) is 0. The van der Waals surface area contributed by atoms with E-state index in [1.807, 2.05) is 6.92 Å². The van der Waals surface area contributed by atoms with Crippen molar-refractivity contribution in [2.75, 3.05) is 0 Å². The zero-order chi connectivity index (χ0) is 15.0. The second-order valence-electron chi connectivity index (χ2n) is 4.91. The van der Waals surface area contributed by atoms with Crippen LogP contribution in [0.1, 0.15) is 11.3 Å². The number of halogens is 1. The van der Waals surface area contributed by atoms with E-state index in [9.17, 15) is 12.8 Å². The molecule has 0 aliphatic carbocycles. The average molecular weight is 303 g/mol.